The fourth-order valence-electron chi connectivity index (χ4n) is 3.68. The van der Waals surface area contributed by atoms with Gasteiger partial charge in [-0.05, 0) is 74.9 Å². The van der Waals surface area contributed by atoms with Crippen LogP contribution in [0.15, 0.2) is 54.6 Å². The molecule has 4 heteroatoms. The van der Waals surface area contributed by atoms with Gasteiger partial charge < -0.3 is 9.64 Å². The Labute approximate surface area is 169 Å². The van der Waals surface area contributed by atoms with Crippen molar-refractivity contribution in [1.29, 1.82) is 0 Å². The smallest absolute Gasteiger partial charge is 0.414 e. The molecule has 2 aliphatic carbocycles. The molecular formula is C24H32N2O2. The van der Waals surface area contributed by atoms with Crippen molar-refractivity contribution < 1.29 is 9.53 Å². The zero-order valence-electron chi connectivity index (χ0n) is 17.3. The van der Waals surface area contributed by atoms with E-state index in [0.29, 0.717) is 0 Å². The second-order valence-electron chi connectivity index (χ2n) is 8.18. The van der Waals surface area contributed by atoms with E-state index >= 15 is 0 Å². The van der Waals surface area contributed by atoms with Crippen molar-refractivity contribution in [3.8, 4) is 0 Å². The zero-order valence-corrected chi connectivity index (χ0v) is 17.3. The molecule has 0 saturated heterocycles. The van der Waals surface area contributed by atoms with E-state index in [1.165, 1.54) is 22.3 Å². The van der Waals surface area contributed by atoms with Gasteiger partial charge in [0.1, 0.15) is 6.61 Å². The third-order valence-electron chi connectivity index (χ3n) is 5.78. The number of hydrogen-bond acceptors (Lipinski definition) is 3. The van der Waals surface area contributed by atoms with E-state index < -0.39 is 0 Å². The third-order valence-corrected chi connectivity index (χ3v) is 5.78. The molecule has 0 N–H and O–H groups in total. The number of anilines is 1. The lowest BCUT2D eigenvalue weighted by Crippen LogP contribution is -2.34. The van der Waals surface area contributed by atoms with Crippen LogP contribution in [0.3, 0.4) is 0 Å². The average Bonchev–Trinajstić information content (AvgIpc) is 2.69. The van der Waals surface area contributed by atoms with Crippen LogP contribution in [0.5, 0.6) is 0 Å². The lowest BCUT2D eigenvalue weighted by Gasteiger charge is -2.46. The number of amides is 1. The highest BCUT2D eigenvalue weighted by molar-refractivity contribution is 5.86. The van der Waals surface area contributed by atoms with Gasteiger partial charge in [-0.1, -0.05) is 42.5 Å². The Bertz CT molecular complexity index is 725. The molecule has 150 valence electrons. The Morgan fingerprint density at radius 3 is 1.89 bits per heavy atom. The number of rotatable bonds is 5. The SMILES string of the molecule is C1CC2CCC12.CN(C)Cc1ccc(N(C)C(=O)OCc2ccccc2)cc1. The molecule has 2 fully saturated rings. The molecule has 4 rings (SSSR count). The van der Waals surface area contributed by atoms with E-state index in [-0.39, 0.29) is 12.7 Å². The highest BCUT2D eigenvalue weighted by atomic mass is 16.6. The minimum atomic E-state index is -0.357. The van der Waals surface area contributed by atoms with E-state index in [0.717, 1.165) is 17.8 Å². The molecule has 0 aromatic heterocycles. The molecule has 0 atom stereocenters. The molecule has 2 aromatic carbocycles. The fourth-order valence-corrected chi connectivity index (χ4v) is 3.68. The molecule has 0 unspecified atom stereocenters. The summed E-state index contributed by atoms with van der Waals surface area (Å²) in [7, 11) is 5.77. The number of ether oxygens (including phenoxy) is 1. The Morgan fingerprint density at radius 1 is 0.857 bits per heavy atom. The van der Waals surface area contributed by atoms with E-state index in [4.69, 9.17) is 4.74 Å². The highest BCUT2D eigenvalue weighted by Crippen LogP contribution is 2.49. The van der Waals surface area contributed by atoms with Crippen molar-refractivity contribution in [2.75, 3.05) is 26.0 Å². The van der Waals surface area contributed by atoms with Crippen molar-refractivity contribution >= 4 is 11.8 Å². The van der Waals surface area contributed by atoms with Gasteiger partial charge in [0, 0.05) is 19.3 Å². The molecule has 0 radical (unpaired) electrons. The lowest BCUT2D eigenvalue weighted by atomic mass is 9.60. The number of benzene rings is 2. The summed E-state index contributed by atoms with van der Waals surface area (Å²) in [6, 6.07) is 17.6. The summed E-state index contributed by atoms with van der Waals surface area (Å²) in [6.45, 7) is 1.16. The minimum absolute atomic E-state index is 0.280. The van der Waals surface area contributed by atoms with Crippen LogP contribution in [0.25, 0.3) is 0 Å². The molecule has 28 heavy (non-hydrogen) atoms. The van der Waals surface area contributed by atoms with Gasteiger partial charge in [0.05, 0.1) is 0 Å². The topological polar surface area (TPSA) is 32.8 Å². The summed E-state index contributed by atoms with van der Waals surface area (Å²) in [5.41, 5.74) is 3.01. The van der Waals surface area contributed by atoms with Gasteiger partial charge in [-0.15, -0.1) is 0 Å². The van der Waals surface area contributed by atoms with Crippen LogP contribution in [0.2, 0.25) is 0 Å². The van der Waals surface area contributed by atoms with E-state index in [1.54, 1.807) is 32.7 Å². The summed E-state index contributed by atoms with van der Waals surface area (Å²) in [6.07, 6.45) is 5.88. The Morgan fingerprint density at radius 2 is 1.43 bits per heavy atom. The monoisotopic (exact) mass is 380 g/mol. The fraction of sp³-hybridized carbons (Fsp3) is 0.458. The van der Waals surface area contributed by atoms with Crippen molar-refractivity contribution in [2.45, 2.75) is 38.8 Å². The van der Waals surface area contributed by atoms with E-state index in [1.807, 2.05) is 68.7 Å². The molecule has 1 amide bonds. The van der Waals surface area contributed by atoms with Gasteiger partial charge in [-0.2, -0.15) is 0 Å². The number of nitrogens with zero attached hydrogens (tertiary/aromatic N) is 2. The Balaban J connectivity index is 0.000000311. The molecule has 4 nitrogen and oxygen atoms in total. The van der Waals surface area contributed by atoms with Crippen LogP contribution >= 0.6 is 0 Å². The number of carbonyl (C=O) groups is 1. The molecule has 0 heterocycles. The second kappa shape index (κ2) is 9.74. The van der Waals surface area contributed by atoms with E-state index in [2.05, 4.69) is 4.90 Å². The summed E-state index contributed by atoms with van der Waals surface area (Å²) in [5.74, 6) is 2.43. The summed E-state index contributed by atoms with van der Waals surface area (Å²) in [5, 5.41) is 0. The summed E-state index contributed by atoms with van der Waals surface area (Å²) >= 11 is 0. The van der Waals surface area contributed by atoms with Gasteiger partial charge in [0.25, 0.3) is 0 Å². The molecule has 0 spiro atoms. The van der Waals surface area contributed by atoms with Gasteiger partial charge >= 0.3 is 6.09 Å². The first kappa shape index (κ1) is 20.4. The minimum Gasteiger partial charge on any atom is -0.444 e. The first-order valence-corrected chi connectivity index (χ1v) is 10.2. The van der Waals surface area contributed by atoms with Gasteiger partial charge in [-0.3, -0.25) is 4.90 Å². The van der Waals surface area contributed by atoms with Crippen molar-refractivity contribution in [2.24, 2.45) is 11.8 Å². The van der Waals surface area contributed by atoms with Crippen LogP contribution in [-0.2, 0) is 17.9 Å². The van der Waals surface area contributed by atoms with Crippen molar-refractivity contribution in [3.63, 3.8) is 0 Å². The Hall–Kier alpha value is -2.33. The van der Waals surface area contributed by atoms with Crippen LogP contribution in [0.4, 0.5) is 10.5 Å². The van der Waals surface area contributed by atoms with Crippen LogP contribution < -0.4 is 4.90 Å². The summed E-state index contributed by atoms with van der Waals surface area (Å²) < 4.78 is 5.32. The maximum atomic E-state index is 12.1. The van der Waals surface area contributed by atoms with Crippen LogP contribution in [0.1, 0.15) is 36.8 Å². The third kappa shape index (κ3) is 5.59. The second-order valence-corrected chi connectivity index (χ2v) is 8.18. The molecule has 2 aliphatic rings. The maximum absolute atomic E-state index is 12.1. The van der Waals surface area contributed by atoms with Crippen molar-refractivity contribution in [3.05, 3.63) is 65.7 Å². The molecule has 0 aliphatic heterocycles. The predicted octanol–water partition coefficient (Wildman–Crippen LogP) is 5.33. The molecule has 2 aromatic rings. The molecular weight excluding hydrogens is 348 g/mol. The molecule has 0 bridgehead atoms. The van der Waals surface area contributed by atoms with Gasteiger partial charge in [-0.25, -0.2) is 4.79 Å². The lowest BCUT2D eigenvalue weighted by molar-refractivity contribution is 0.0548. The van der Waals surface area contributed by atoms with Gasteiger partial charge in [0.15, 0.2) is 0 Å². The average molecular weight is 381 g/mol. The number of carbonyl (C=O) groups excluding carboxylic acids is 1. The number of fused-ring (bicyclic) bond motifs is 1. The first-order valence-electron chi connectivity index (χ1n) is 10.2. The molecule has 2 saturated carbocycles. The Kier molecular flexibility index (Phi) is 7.10. The normalized spacial score (nSPS) is 19.4. The van der Waals surface area contributed by atoms with Crippen LogP contribution in [-0.4, -0.2) is 32.1 Å². The van der Waals surface area contributed by atoms with Gasteiger partial charge in [0.2, 0.25) is 0 Å². The highest BCUT2D eigenvalue weighted by Gasteiger charge is 2.37. The summed E-state index contributed by atoms with van der Waals surface area (Å²) in [4.78, 5) is 15.7. The maximum Gasteiger partial charge on any atom is 0.414 e. The first-order chi connectivity index (χ1) is 13.5. The van der Waals surface area contributed by atoms with Crippen LogP contribution in [0, 0.1) is 11.8 Å². The van der Waals surface area contributed by atoms with Crippen molar-refractivity contribution in [1.82, 2.24) is 4.90 Å². The van der Waals surface area contributed by atoms with E-state index in [9.17, 15) is 4.79 Å². The largest absolute Gasteiger partial charge is 0.444 e. The quantitative estimate of drug-likeness (QED) is 0.703. The zero-order chi connectivity index (χ0) is 19.9. The number of hydrogen-bond donors (Lipinski definition) is 0. The standard InChI is InChI=1S/C18H22N2O2.C6H10/c1-19(2)13-15-9-11-17(12-10-15)20(3)18(21)22-14-16-7-5-4-6-8-16;1-2-6-4-3-5(1)6/h4-12H,13-14H2,1-3H3;5-6H,1-4H2. The predicted molar refractivity (Wildman–Crippen MR) is 114 cm³/mol.